The number of hydrogen-bond donors (Lipinski definition) is 2. The molecular formula is C20H23N5O3. The molecule has 1 aliphatic rings. The molecule has 3 aromatic rings. The Morgan fingerprint density at radius 1 is 1.32 bits per heavy atom. The SMILES string of the molecule is CCCn1c(Oc2cccc(C(N)=O)c2)nc2nc(C3CCCC3)[nH]c2c1=O. The Kier molecular flexibility index (Phi) is 4.85. The van der Waals surface area contributed by atoms with Crippen molar-refractivity contribution in [2.75, 3.05) is 0 Å². The van der Waals surface area contributed by atoms with Crippen LogP contribution < -0.4 is 16.0 Å². The zero-order valence-electron chi connectivity index (χ0n) is 15.8. The van der Waals surface area contributed by atoms with Crippen LogP contribution in [0.25, 0.3) is 11.2 Å². The molecule has 8 nitrogen and oxygen atoms in total. The molecule has 3 N–H and O–H groups in total. The van der Waals surface area contributed by atoms with Crippen molar-refractivity contribution in [3.63, 3.8) is 0 Å². The van der Waals surface area contributed by atoms with Gasteiger partial charge in [0.1, 0.15) is 11.6 Å². The summed E-state index contributed by atoms with van der Waals surface area (Å²) in [5.41, 5.74) is 6.23. The topological polar surface area (TPSA) is 116 Å². The van der Waals surface area contributed by atoms with E-state index in [1.54, 1.807) is 18.2 Å². The molecule has 146 valence electrons. The fraction of sp³-hybridized carbons (Fsp3) is 0.400. The van der Waals surface area contributed by atoms with Crippen LogP contribution in [0.4, 0.5) is 0 Å². The molecule has 0 aliphatic heterocycles. The molecule has 4 rings (SSSR count). The maximum Gasteiger partial charge on any atom is 0.306 e. The van der Waals surface area contributed by atoms with Crippen molar-refractivity contribution in [2.45, 2.75) is 51.5 Å². The van der Waals surface area contributed by atoms with Crippen LogP contribution in [-0.2, 0) is 6.54 Å². The van der Waals surface area contributed by atoms with Gasteiger partial charge in [-0.1, -0.05) is 25.8 Å². The van der Waals surface area contributed by atoms with Gasteiger partial charge in [-0.25, -0.2) is 4.98 Å². The standard InChI is InChI=1S/C20H23N5O3/c1-2-10-25-19(27)15-18(23-17(22-15)12-6-3-4-7-12)24-20(25)28-14-9-5-8-13(11-14)16(21)26/h5,8-9,11-12H,2-4,6-7,10H2,1H3,(H2,21,26)(H,22,23). The fourth-order valence-electron chi connectivity index (χ4n) is 3.69. The van der Waals surface area contributed by atoms with E-state index in [0.717, 1.165) is 25.1 Å². The van der Waals surface area contributed by atoms with Gasteiger partial charge >= 0.3 is 6.01 Å². The van der Waals surface area contributed by atoms with Crippen molar-refractivity contribution in [3.05, 3.63) is 46.0 Å². The van der Waals surface area contributed by atoms with Crippen LogP contribution in [0.3, 0.4) is 0 Å². The number of nitrogens with zero attached hydrogens (tertiary/aromatic N) is 3. The maximum atomic E-state index is 13.0. The molecule has 2 aromatic heterocycles. The van der Waals surface area contributed by atoms with Gasteiger partial charge in [0.15, 0.2) is 11.2 Å². The molecule has 1 aromatic carbocycles. The Hall–Kier alpha value is -3.16. The second-order valence-electron chi connectivity index (χ2n) is 7.15. The third-order valence-corrected chi connectivity index (χ3v) is 5.11. The molecule has 0 atom stereocenters. The van der Waals surface area contributed by atoms with Gasteiger partial charge in [-0.15, -0.1) is 0 Å². The highest BCUT2D eigenvalue weighted by atomic mass is 16.5. The average Bonchev–Trinajstić information content (AvgIpc) is 3.34. The number of ether oxygens (including phenoxy) is 1. The lowest BCUT2D eigenvalue weighted by Gasteiger charge is -2.12. The molecule has 1 amide bonds. The minimum absolute atomic E-state index is 0.158. The lowest BCUT2D eigenvalue weighted by atomic mass is 10.1. The van der Waals surface area contributed by atoms with Crippen LogP contribution >= 0.6 is 0 Å². The van der Waals surface area contributed by atoms with Gasteiger partial charge < -0.3 is 15.5 Å². The Balaban J connectivity index is 1.77. The van der Waals surface area contributed by atoms with E-state index in [0.29, 0.717) is 34.9 Å². The highest BCUT2D eigenvalue weighted by molar-refractivity contribution is 5.93. The first kappa shape index (κ1) is 18.2. The van der Waals surface area contributed by atoms with Crippen LogP contribution in [-0.4, -0.2) is 25.4 Å². The van der Waals surface area contributed by atoms with Gasteiger partial charge in [0.25, 0.3) is 5.56 Å². The Morgan fingerprint density at radius 3 is 2.82 bits per heavy atom. The summed E-state index contributed by atoms with van der Waals surface area (Å²) >= 11 is 0. The van der Waals surface area contributed by atoms with Crippen molar-refractivity contribution in [1.82, 2.24) is 19.5 Å². The van der Waals surface area contributed by atoms with Crippen molar-refractivity contribution in [2.24, 2.45) is 5.73 Å². The zero-order valence-corrected chi connectivity index (χ0v) is 15.8. The number of aromatic amines is 1. The van der Waals surface area contributed by atoms with E-state index in [1.165, 1.54) is 23.5 Å². The van der Waals surface area contributed by atoms with E-state index in [4.69, 9.17) is 10.5 Å². The number of benzene rings is 1. The number of imidazole rings is 1. The van der Waals surface area contributed by atoms with Gasteiger partial charge in [0.2, 0.25) is 5.91 Å². The van der Waals surface area contributed by atoms with E-state index in [-0.39, 0.29) is 11.6 Å². The highest BCUT2D eigenvalue weighted by Crippen LogP contribution is 2.33. The molecule has 1 fully saturated rings. The number of carbonyl (C=O) groups is 1. The normalized spacial score (nSPS) is 14.6. The smallest absolute Gasteiger partial charge is 0.306 e. The second kappa shape index (κ2) is 7.46. The molecule has 1 saturated carbocycles. The number of hydrogen-bond acceptors (Lipinski definition) is 5. The number of primary amides is 1. The summed E-state index contributed by atoms with van der Waals surface area (Å²) in [6.07, 6.45) is 5.26. The lowest BCUT2D eigenvalue weighted by Crippen LogP contribution is -2.23. The number of carbonyl (C=O) groups excluding carboxylic acids is 1. The van der Waals surface area contributed by atoms with Crippen molar-refractivity contribution >= 4 is 17.1 Å². The lowest BCUT2D eigenvalue weighted by molar-refractivity contribution is 0.1000. The van der Waals surface area contributed by atoms with E-state index < -0.39 is 5.91 Å². The number of amides is 1. The highest BCUT2D eigenvalue weighted by Gasteiger charge is 2.23. The molecule has 8 heteroatoms. The van der Waals surface area contributed by atoms with Crippen LogP contribution in [0, 0.1) is 0 Å². The molecular weight excluding hydrogens is 358 g/mol. The number of fused-ring (bicyclic) bond motifs is 1. The minimum atomic E-state index is -0.548. The molecule has 1 aliphatic carbocycles. The molecule has 0 bridgehead atoms. The average molecular weight is 381 g/mol. The monoisotopic (exact) mass is 381 g/mol. The largest absolute Gasteiger partial charge is 0.425 e. The summed E-state index contributed by atoms with van der Waals surface area (Å²) in [6, 6.07) is 6.65. The van der Waals surface area contributed by atoms with E-state index in [1.807, 2.05) is 6.92 Å². The second-order valence-corrected chi connectivity index (χ2v) is 7.15. The van der Waals surface area contributed by atoms with Crippen molar-refractivity contribution < 1.29 is 9.53 Å². The number of nitrogens with two attached hydrogens (primary N) is 1. The summed E-state index contributed by atoms with van der Waals surface area (Å²) < 4.78 is 7.36. The predicted octanol–water partition coefficient (Wildman–Crippen LogP) is 3.08. The number of nitrogens with one attached hydrogen (secondary N) is 1. The van der Waals surface area contributed by atoms with Gasteiger partial charge in [-0.2, -0.15) is 4.98 Å². The Morgan fingerprint density at radius 2 is 2.11 bits per heavy atom. The van der Waals surface area contributed by atoms with E-state index >= 15 is 0 Å². The summed E-state index contributed by atoms with van der Waals surface area (Å²) in [5.74, 6) is 1.02. The summed E-state index contributed by atoms with van der Waals surface area (Å²) in [6.45, 7) is 2.44. The predicted molar refractivity (Wildman–Crippen MR) is 105 cm³/mol. The first-order valence-electron chi connectivity index (χ1n) is 9.65. The number of H-pyrrole nitrogens is 1. The van der Waals surface area contributed by atoms with E-state index in [9.17, 15) is 9.59 Å². The first-order valence-corrected chi connectivity index (χ1v) is 9.65. The first-order chi connectivity index (χ1) is 13.6. The summed E-state index contributed by atoms with van der Waals surface area (Å²) in [4.78, 5) is 36.7. The van der Waals surface area contributed by atoms with Crippen molar-refractivity contribution in [3.8, 4) is 11.8 Å². The van der Waals surface area contributed by atoms with Gasteiger partial charge in [0.05, 0.1) is 0 Å². The Bertz CT molecular complexity index is 1080. The van der Waals surface area contributed by atoms with Crippen LogP contribution in [0.2, 0.25) is 0 Å². The number of aromatic nitrogens is 4. The molecule has 0 spiro atoms. The molecule has 0 radical (unpaired) electrons. The van der Waals surface area contributed by atoms with Crippen LogP contribution in [0.1, 0.15) is 61.1 Å². The van der Waals surface area contributed by atoms with Gasteiger partial charge in [-0.05, 0) is 37.5 Å². The van der Waals surface area contributed by atoms with Gasteiger partial charge in [0, 0.05) is 18.0 Å². The zero-order chi connectivity index (χ0) is 19.7. The van der Waals surface area contributed by atoms with Crippen molar-refractivity contribution in [1.29, 1.82) is 0 Å². The minimum Gasteiger partial charge on any atom is -0.425 e. The number of rotatable bonds is 6. The van der Waals surface area contributed by atoms with Crippen LogP contribution in [0.5, 0.6) is 11.8 Å². The summed E-state index contributed by atoms with van der Waals surface area (Å²) in [5, 5.41) is 0. The summed E-state index contributed by atoms with van der Waals surface area (Å²) in [7, 11) is 0. The fourth-order valence-corrected chi connectivity index (χ4v) is 3.69. The molecule has 0 unspecified atom stereocenters. The maximum absolute atomic E-state index is 13.0. The third-order valence-electron chi connectivity index (χ3n) is 5.11. The van der Waals surface area contributed by atoms with E-state index in [2.05, 4.69) is 15.0 Å². The van der Waals surface area contributed by atoms with Crippen LogP contribution in [0.15, 0.2) is 29.1 Å². The Labute approximate surface area is 161 Å². The quantitative estimate of drug-likeness (QED) is 0.681. The van der Waals surface area contributed by atoms with Gasteiger partial charge in [-0.3, -0.25) is 14.2 Å². The third kappa shape index (κ3) is 3.37. The molecule has 28 heavy (non-hydrogen) atoms. The molecule has 0 saturated heterocycles. The molecule has 2 heterocycles.